The molecule has 0 bridgehead atoms. The first-order chi connectivity index (χ1) is 8.03. The smallest absolute Gasteiger partial charge is 0.0585 e. The first kappa shape index (κ1) is 12.6. The van der Waals surface area contributed by atoms with Crippen LogP contribution in [0.15, 0.2) is 18.2 Å². The Labute approximate surface area is 104 Å². The minimum absolute atomic E-state index is 0.228. The number of rotatable bonds is 4. The van der Waals surface area contributed by atoms with E-state index in [1.165, 1.54) is 16.7 Å². The lowest BCUT2D eigenvalue weighted by Crippen LogP contribution is -2.47. The Morgan fingerprint density at radius 1 is 1.29 bits per heavy atom. The molecule has 1 atom stereocenters. The molecule has 1 unspecified atom stereocenters. The van der Waals surface area contributed by atoms with Crippen LogP contribution in [-0.4, -0.2) is 19.3 Å². The SMILES string of the molecule is Cc1ccc(C2(CCC(C)N)COC2)cc1C. The summed E-state index contributed by atoms with van der Waals surface area (Å²) in [6, 6.07) is 7.07. The van der Waals surface area contributed by atoms with Crippen molar-refractivity contribution in [2.45, 2.75) is 45.1 Å². The molecule has 1 fully saturated rings. The molecule has 1 aliphatic heterocycles. The van der Waals surface area contributed by atoms with Gasteiger partial charge in [0, 0.05) is 11.5 Å². The Morgan fingerprint density at radius 2 is 2.00 bits per heavy atom. The van der Waals surface area contributed by atoms with Crippen molar-refractivity contribution >= 4 is 0 Å². The molecule has 1 aromatic carbocycles. The van der Waals surface area contributed by atoms with Crippen molar-refractivity contribution in [3.05, 3.63) is 34.9 Å². The number of hydrogen-bond acceptors (Lipinski definition) is 2. The van der Waals surface area contributed by atoms with Gasteiger partial charge in [-0.25, -0.2) is 0 Å². The largest absolute Gasteiger partial charge is 0.379 e. The molecule has 0 amide bonds. The van der Waals surface area contributed by atoms with Crippen molar-refractivity contribution in [3.63, 3.8) is 0 Å². The molecule has 0 aromatic heterocycles. The number of aryl methyl sites for hydroxylation is 2. The van der Waals surface area contributed by atoms with Crippen molar-refractivity contribution in [1.82, 2.24) is 0 Å². The molecule has 2 nitrogen and oxygen atoms in total. The van der Waals surface area contributed by atoms with Gasteiger partial charge in [0.2, 0.25) is 0 Å². The third kappa shape index (κ3) is 2.53. The molecule has 0 saturated carbocycles. The van der Waals surface area contributed by atoms with E-state index in [-0.39, 0.29) is 11.5 Å². The molecule has 17 heavy (non-hydrogen) atoms. The second-order valence-corrected chi connectivity index (χ2v) is 5.59. The summed E-state index contributed by atoms with van der Waals surface area (Å²) >= 11 is 0. The third-order valence-corrected chi connectivity index (χ3v) is 3.95. The normalized spacial score (nSPS) is 19.8. The maximum absolute atomic E-state index is 5.87. The molecule has 1 saturated heterocycles. The summed E-state index contributed by atoms with van der Waals surface area (Å²) in [5.74, 6) is 0. The molecular weight excluding hydrogens is 210 g/mol. The Bertz CT molecular complexity index is 394. The maximum Gasteiger partial charge on any atom is 0.0585 e. The molecule has 1 aliphatic rings. The zero-order chi connectivity index (χ0) is 12.5. The summed E-state index contributed by atoms with van der Waals surface area (Å²) in [5.41, 5.74) is 10.2. The fourth-order valence-corrected chi connectivity index (χ4v) is 2.38. The topological polar surface area (TPSA) is 35.2 Å². The lowest BCUT2D eigenvalue weighted by Gasteiger charge is -2.43. The number of nitrogens with two attached hydrogens (primary N) is 1. The predicted octanol–water partition coefficient (Wildman–Crippen LogP) is 2.70. The van der Waals surface area contributed by atoms with Crippen LogP contribution < -0.4 is 5.73 Å². The first-order valence-electron chi connectivity index (χ1n) is 6.44. The molecule has 94 valence electrons. The van der Waals surface area contributed by atoms with E-state index in [2.05, 4.69) is 39.0 Å². The molecular formula is C15H23NO. The van der Waals surface area contributed by atoms with E-state index in [4.69, 9.17) is 10.5 Å². The van der Waals surface area contributed by atoms with Crippen molar-refractivity contribution in [2.75, 3.05) is 13.2 Å². The van der Waals surface area contributed by atoms with E-state index < -0.39 is 0 Å². The monoisotopic (exact) mass is 233 g/mol. The highest BCUT2D eigenvalue weighted by Gasteiger charge is 2.39. The molecule has 2 rings (SSSR count). The van der Waals surface area contributed by atoms with Gasteiger partial charge in [-0.1, -0.05) is 18.2 Å². The minimum Gasteiger partial charge on any atom is -0.379 e. The van der Waals surface area contributed by atoms with Crippen LogP contribution in [0.3, 0.4) is 0 Å². The molecule has 1 aromatic rings. The maximum atomic E-state index is 5.87. The van der Waals surface area contributed by atoms with Gasteiger partial charge in [-0.05, 0) is 50.3 Å². The van der Waals surface area contributed by atoms with E-state index in [9.17, 15) is 0 Å². The highest BCUT2D eigenvalue weighted by atomic mass is 16.5. The summed E-state index contributed by atoms with van der Waals surface area (Å²) in [6.45, 7) is 8.11. The lowest BCUT2D eigenvalue weighted by molar-refractivity contribution is -0.0657. The third-order valence-electron chi connectivity index (χ3n) is 3.95. The number of ether oxygens (including phenoxy) is 1. The molecule has 0 radical (unpaired) electrons. The van der Waals surface area contributed by atoms with Crippen LogP contribution in [0, 0.1) is 13.8 Å². The minimum atomic E-state index is 0.228. The van der Waals surface area contributed by atoms with Gasteiger partial charge in [0.15, 0.2) is 0 Å². The van der Waals surface area contributed by atoms with Crippen molar-refractivity contribution in [3.8, 4) is 0 Å². The van der Waals surface area contributed by atoms with E-state index in [0.29, 0.717) is 0 Å². The summed E-state index contributed by atoms with van der Waals surface area (Å²) in [5, 5.41) is 0. The fraction of sp³-hybridized carbons (Fsp3) is 0.600. The Morgan fingerprint density at radius 3 is 2.47 bits per heavy atom. The van der Waals surface area contributed by atoms with Gasteiger partial charge in [0.1, 0.15) is 0 Å². The average molecular weight is 233 g/mol. The van der Waals surface area contributed by atoms with Crippen LogP contribution in [0.5, 0.6) is 0 Å². The van der Waals surface area contributed by atoms with Crippen LogP contribution in [0.4, 0.5) is 0 Å². The van der Waals surface area contributed by atoms with E-state index in [0.717, 1.165) is 26.1 Å². The van der Waals surface area contributed by atoms with Crippen LogP contribution in [0.1, 0.15) is 36.5 Å². The molecule has 0 spiro atoms. The highest BCUT2D eigenvalue weighted by Crippen LogP contribution is 2.37. The molecule has 0 aliphatic carbocycles. The second-order valence-electron chi connectivity index (χ2n) is 5.59. The Balaban J connectivity index is 2.19. The predicted molar refractivity (Wildman–Crippen MR) is 71.3 cm³/mol. The van der Waals surface area contributed by atoms with Crippen molar-refractivity contribution in [1.29, 1.82) is 0 Å². The molecule has 2 heteroatoms. The van der Waals surface area contributed by atoms with Crippen LogP contribution in [0.2, 0.25) is 0 Å². The van der Waals surface area contributed by atoms with Crippen LogP contribution >= 0.6 is 0 Å². The zero-order valence-electron chi connectivity index (χ0n) is 11.1. The average Bonchev–Trinajstić information content (AvgIpc) is 2.21. The summed E-state index contributed by atoms with van der Waals surface area (Å²) in [7, 11) is 0. The highest BCUT2D eigenvalue weighted by molar-refractivity contribution is 5.36. The summed E-state index contributed by atoms with van der Waals surface area (Å²) in [4.78, 5) is 0. The van der Waals surface area contributed by atoms with Gasteiger partial charge in [-0.2, -0.15) is 0 Å². The van der Waals surface area contributed by atoms with E-state index in [1.54, 1.807) is 0 Å². The summed E-state index contributed by atoms with van der Waals surface area (Å²) < 4.78 is 5.45. The second kappa shape index (κ2) is 4.79. The quantitative estimate of drug-likeness (QED) is 0.868. The van der Waals surface area contributed by atoms with Crippen molar-refractivity contribution in [2.24, 2.45) is 5.73 Å². The van der Waals surface area contributed by atoms with E-state index >= 15 is 0 Å². The number of hydrogen-bond donors (Lipinski definition) is 1. The van der Waals surface area contributed by atoms with Crippen LogP contribution in [-0.2, 0) is 10.2 Å². The standard InChI is InChI=1S/C15H23NO/c1-11-4-5-14(8-12(11)2)15(9-17-10-15)7-6-13(3)16/h4-5,8,13H,6-7,9-10,16H2,1-3H3. The molecule has 1 heterocycles. The van der Waals surface area contributed by atoms with Gasteiger partial charge in [0.05, 0.1) is 13.2 Å². The van der Waals surface area contributed by atoms with Gasteiger partial charge in [-0.15, -0.1) is 0 Å². The van der Waals surface area contributed by atoms with Gasteiger partial charge in [-0.3, -0.25) is 0 Å². The Kier molecular flexibility index (Phi) is 3.55. The zero-order valence-corrected chi connectivity index (χ0v) is 11.1. The van der Waals surface area contributed by atoms with Gasteiger partial charge in [0.25, 0.3) is 0 Å². The van der Waals surface area contributed by atoms with Gasteiger partial charge >= 0.3 is 0 Å². The first-order valence-corrected chi connectivity index (χ1v) is 6.44. The van der Waals surface area contributed by atoms with Crippen molar-refractivity contribution < 1.29 is 4.74 Å². The van der Waals surface area contributed by atoms with Gasteiger partial charge < -0.3 is 10.5 Å². The summed E-state index contributed by atoms with van der Waals surface area (Å²) in [6.07, 6.45) is 2.20. The Hall–Kier alpha value is -0.860. The molecule has 2 N–H and O–H groups in total. The van der Waals surface area contributed by atoms with Crippen LogP contribution in [0.25, 0.3) is 0 Å². The van der Waals surface area contributed by atoms with E-state index in [1.807, 2.05) is 0 Å². The number of benzene rings is 1. The lowest BCUT2D eigenvalue weighted by atomic mass is 9.74. The fourth-order valence-electron chi connectivity index (χ4n) is 2.38.